The van der Waals surface area contributed by atoms with Crippen molar-refractivity contribution in [2.45, 2.75) is 13.0 Å². The van der Waals surface area contributed by atoms with Gasteiger partial charge in [-0.3, -0.25) is 19.5 Å². The fourth-order valence-corrected chi connectivity index (χ4v) is 3.24. The lowest BCUT2D eigenvalue weighted by molar-refractivity contribution is -0.384. The summed E-state index contributed by atoms with van der Waals surface area (Å²) in [6.07, 6.45) is 1.17. The van der Waals surface area contributed by atoms with Gasteiger partial charge in [0.25, 0.3) is 11.2 Å². The predicted octanol–water partition coefficient (Wildman–Crippen LogP) is 1.34. The van der Waals surface area contributed by atoms with Crippen LogP contribution >= 0.6 is 11.3 Å². The molecule has 122 valence electrons. The molecule has 2 aromatic heterocycles. The highest BCUT2D eigenvalue weighted by Crippen LogP contribution is 2.32. The quantitative estimate of drug-likeness (QED) is 0.520. The monoisotopic (exact) mass is 344 g/mol. The molecule has 0 aliphatic heterocycles. The second kappa shape index (κ2) is 5.85. The van der Waals surface area contributed by atoms with Crippen LogP contribution in [0, 0.1) is 10.1 Å². The molecule has 0 bridgehead atoms. The van der Waals surface area contributed by atoms with Crippen LogP contribution in [0.2, 0.25) is 0 Å². The van der Waals surface area contributed by atoms with Crippen LogP contribution in [-0.4, -0.2) is 20.4 Å². The van der Waals surface area contributed by atoms with Gasteiger partial charge in [-0.15, -0.1) is 11.3 Å². The van der Waals surface area contributed by atoms with Crippen molar-refractivity contribution in [1.82, 2.24) is 9.55 Å². The lowest BCUT2D eigenvalue weighted by Crippen LogP contribution is -2.36. The van der Waals surface area contributed by atoms with Crippen LogP contribution in [0.4, 0.5) is 5.69 Å². The summed E-state index contributed by atoms with van der Waals surface area (Å²) in [5, 5.41) is 23.9. The second-order valence-electron chi connectivity index (χ2n) is 5.09. The van der Waals surface area contributed by atoms with Gasteiger partial charge >= 0.3 is 0 Å². The Morgan fingerprint density at radius 3 is 2.83 bits per heavy atom. The van der Waals surface area contributed by atoms with Gasteiger partial charge in [0.05, 0.1) is 28.6 Å². The third kappa shape index (κ3) is 2.54. The number of nitro groups is 1. The lowest BCUT2D eigenvalue weighted by Gasteiger charge is -2.15. The number of carbonyl (C=O) groups excluding carboxylic acids is 1. The predicted molar refractivity (Wildman–Crippen MR) is 85.7 cm³/mol. The van der Waals surface area contributed by atoms with E-state index in [-0.39, 0.29) is 11.1 Å². The minimum absolute atomic E-state index is 0.0980. The number of fused-ring (bicyclic) bond motifs is 1. The smallest absolute Gasteiger partial charge is 0.270 e. The second-order valence-corrected chi connectivity index (χ2v) is 5.95. The van der Waals surface area contributed by atoms with Gasteiger partial charge in [-0.05, 0) is 12.5 Å². The number of hydrogen-bond acceptors (Lipinski definition) is 7. The van der Waals surface area contributed by atoms with Crippen molar-refractivity contribution in [3.05, 3.63) is 56.4 Å². The third-order valence-electron chi connectivity index (χ3n) is 3.65. The van der Waals surface area contributed by atoms with Gasteiger partial charge < -0.3 is 9.90 Å². The van der Waals surface area contributed by atoms with E-state index in [4.69, 9.17) is 0 Å². The van der Waals surface area contributed by atoms with Crippen molar-refractivity contribution in [3.8, 4) is 11.1 Å². The van der Waals surface area contributed by atoms with E-state index in [1.54, 1.807) is 11.4 Å². The van der Waals surface area contributed by atoms with Gasteiger partial charge in [-0.25, -0.2) is 4.98 Å². The Bertz CT molecular complexity index is 1020. The van der Waals surface area contributed by atoms with Crippen molar-refractivity contribution in [3.63, 3.8) is 0 Å². The van der Waals surface area contributed by atoms with Crippen molar-refractivity contribution in [1.29, 1.82) is 0 Å². The fraction of sp³-hybridized carbons (Fsp3) is 0.133. The Kier molecular flexibility index (Phi) is 3.86. The number of nitro benzene ring substituents is 1. The number of benzene rings is 1. The van der Waals surface area contributed by atoms with Crippen molar-refractivity contribution >= 4 is 33.2 Å². The number of carboxylic acid groups (broad SMARTS) is 1. The molecule has 3 rings (SSSR count). The average Bonchev–Trinajstić information content (AvgIpc) is 2.99. The van der Waals surface area contributed by atoms with E-state index < -0.39 is 22.5 Å². The maximum atomic E-state index is 12.7. The van der Waals surface area contributed by atoms with Gasteiger partial charge in [-0.2, -0.15) is 0 Å². The van der Waals surface area contributed by atoms with E-state index in [0.717, 1.165) is 4.57 Å². The first-order valence-corrected chi connectivity index (χ1v) is 7.72. The van der Waals surface area contributed by atoms with Crippen LogP contribution in [-0.2, 0) is 4.79 Å². The summed E-state index contributed by atoms with van der Waals surface area (Å²) < 4.78 is 0.977. The van der Waals surface area contributed by atoms with E-state index in [0.29, 0.717) is 16.0 Å². The zero-order chi connectivity index (χ0) is 17.4. The molecule has 24 heavy (non-hydrogen) atoms. The van der Waals surface area contributed by atoms with E-state index in [1.807, 2.05) is 0 Å². The number of thiophene rings is 1. The molecule has 8 nitrogen and oxygen atoms in total. The van der Waals surface area contributed by atoms with E-state index >= 15 is 0 Å². The standard InChI is InChI=1S/C15H11N3O5S/c1-8(15(20)21)17-7-16-13-12(14(17)19)11(6-24-13)9-3-2-4-10(5-9)18(22)23/h2-8H,1H3,(H,20,21)/p-1. The Hall–Kier alpha value is -3.07. The Morgan fingerprint density at radius 1 is 1.42 bits per heavy atom. The highest BCUT2D eigenvalue weighted by Gasteiger charge is 2.17. The SMILES string of the molecule is CC(C(=O)[O-])n1cnc2scc(-c3cccc([N+](=O)[O-])c3)c2c1=O. The molecular weight excluding hydrogens is 334 g/mol. The molecule has 0 fully saturated rings. The number of carboxylic acids is 1. The first-order valence-electron chi connectivity index (χ1n) is 6.84. The molecule has 3 aromatic rings. The lowest BCUT2D eigenvalue weighted by atomic mass is 10.1. The first kappa shape index (κ1) is 15.8. The number of rotatable bonds is 4. The number of hydrogen-bond donors (Lipinski definition) is 0. The first-order chi connectivity index (χ1) is 11.4. The molecule has 1 aromatic carbocycles. The zero-order valence-electron chi connectivity index (χ0n) is 12.3. The molecule has 1 unspecified atom stereocenters. The van der Waals surface area contributed by atoms with Gasteiger partial charge in [-0.1, -0.05) is 12.1 Å². The van der Waals surface area contributed by atoms with E-state index in [1.165, 1.54) is 42.8 Å². The number of aromatic nitrogens is 2. The highest BCUT2D eigenvalue weighted by atomic mass is 32.1. The minimum atomic E-state index is -1.40. The average molecular weight is 344 g/mol. The summed E-state index contributed by atoms with van der Waals surface area (Å²) in [5.74, 6) is -1.40. The van der Waals surface area contributed by atoms with Crippen LogP contribution < -0.4 is 10.7 Å². The topological polar surface area (TPSA) is 118 Å². The van der Waals surface area contributed by atoms with E-state index in [9.17, 15) is 24.8 Å². The Balaban J connectivity index is 2.25. The van der Waals surface area contributed by atoms with Gasteiger partial charge in [0.1, 0.15) is 4.83 Å². The van der Waals surface area contributed by atoms with Gasteiger partial charge in [0, 0.05) is 23.1 Å². The summed E-state index contributed by atoms with van der Waals surface area (Å²) in [7, 11) is 0. The fourth-order valence-electron chi connectivity index (χ4n) is 2.33. The Labute approximate surface area is 138 Å². The number of aliphatic carboxylic acids is 1. The largest absolute Gasteiger partial charge is 0.548 e. The summed E-state index contributed by atoms with van der Waals surface area (Å²) in [6, 6.07) is 4.71. The Morgan fingerprint density at radius 2 is 2.17 bits per heavy atom. The normalized spacial score (nSPS) is 12.2. The molecule has 0 N–H and O–H groups in total. The van der Waals surface area contributed by atoms with Crippen molar-refractivity contribution < 1.29 is 14.8 Å². The molecule has 0 aliphatic rings. The molecule has 9 heteroatoms. The van der Waals surface area contributed by atoms with E-state index in [2.05, 4.69) is 4.98 Å². The molecular formula is C15H10N3O5S-. The molecule has 1 atom stereocenters. The summed E-state index contributed by atoms with van der Waals surface area (Å²) in [5.41, 5.74) is 0.350. The molecule has 0 spiro atoms. The number of carbonyl (C=O) groups is 1. The van der Waals surface area contributed by atoms with Gasteiger partial charge in [0.2, 0.25) is 0 Å². The third-order valence-corrected chi connectivity index (χ3v) is 4.53. The van der Waals surface area contributed by atoms with Crippen LogP contribution in [0.1, 0.15) is 13.0 Å². The maximum Gasteiger partial charge on any atom is 0.270 e. The molecule has 0 saturated carbocycles. The van der Waals surface area contributed by atoms with Crippen LogP contribution in [0.3, 0.4) is 0 Å². The number of nitrogens with zero attached hydrogens (tertiary/aromatic N) is 3. The summed E-state index contributed by atoms with van der Waals surface area (Å²) in [4.78, 5) is 38.6. The molecule has 0 amide bonds. The maximum absolute atomic E-state index is 12.7. The zero-order valence-corrected chi connectivity index (χ0v) is 13.1. The summed E-state index contributed by atoms with van der Waals surface area (Å²) in [6.45, 7) is 1.32. The minimum Gasteiger partial charge on any atom is -0.548 e. The highest BCUT2D eigenvalue weighted by molar-refractivity contribution is 7.17. The van der Waals surface area contributed by atoms with Crippen LogP contribution in [0.5, 0.6) is 0 Å². The van der Waals surface area contributed by atoms with Crippen LogP contribution in [0.15, 0.2) is 40.8 Å². The van der Waals surface area contributed by atoms with Crippen molar-refractivity contribution in [2.75, 3.05) is 0 Å². The number of non-ortho nitro benzene ring substituents is 1. The summed E-state index contributed by atoms with van der Waals surface area (Å²) >= 11 is 1.21. The molecule has 0 aliphatic carbocycles. The van der Waals surface area contributed by atoms with Crippen molar-refractivity contribution in [2.24, 2.45) is 0 Å². The van der Waals surface area contributed by atoms with Crippen LogP contribution in [0.25, 0.3) is 21.3 Å². The molecule has 0 saturated heterocycles. The molecule has 0 radical (unpaired) electrons. The molecule has 2 heterocycles. The van der Waals surface area contributed by atoms with Gasteiger partial charge in [0.15, 0.2) is 0 Å².